The molecule has 1 aromatic rings. The lowest BCUT2D eigenvalue weighted by Crippen LogP contribution is -2.42. The average Bonchev–Trinajstić information content (AvgIpc) is 2.47. The second-order valence-corrected chi connectivity index (χ2v) is 7.24. The molecule has 1 heteroatoms. The van der Waals surface area contributed by atoms with Gasteiger partial charge in [-0.25, -0.2) is 0 Å². The van der Waals surface area contributed by atoms with Gasteiger partial charge in [-0.05, 0) is 37.3 Å². The Hall–Kier alpha value is -0.820. The third-order valence-electron chi connectivity index (χ3n) is 5.36. The van der Waals surface area contributed by atoms with Gasteiger partial charge in [0.05, 0.1) is 0 Å². The normalized spacial score (nSPS) is 26.0. The third kappa shape index (κ3) is 4.57. The van der Waals surface area contributed by atoms with Gasteiger partial charge in [0, 0.05) is 12.5 Å². The molecule has 0 saturated carbocycles. The topological polar surface area (TPSA) is 12.0 Å². The van der Waals surface area contributed by atoms with Crippen molar-refractivity contribution in [1.29, 1.82) is 0 Å². The highest BCUT2D eigenvalue weighted by Gasteiger charge is 2.36. The lowest BCUT2D eigenvalue weighted by Gasteiger charge is -2.42. The minimum atomic E-state index is 0.477. The standard InChI is InChI=1S/C20H33N/c1-4-5-6-7-8-12-20(3)13-14-21-16-19(20)18-11-9-10-17(2)15-18/h9-11,15,19,21H,4-8,12-14,16H2,1-3H3. The van der Waals surface area contributed by atoms with E-state index in [1.807, 2.05) is 0 Å². The molecule has 1 aromatic carbocycles. The van der Waals surface area contributed by atoms with Crippen molar-refractivity contribution in [2.75, 3.05) is 13.1 Å². The van der Waals surface area contributed by atoms with E-state index >= 15 is 0 Å². The number of hydrogen-bond acceptors (Lipinski definition) is 1. The molecule has 1 aliphatic heterocycles. The van der Waals surface area contributed by atoms with Crippen molar-refractivity contribution in [3.63, 3.8) is 0 Å². The summed E-state index contributed by atoms with van der Waals surface area (Å²) < 4.78 is 0. The number of piperidine rings is 1. The van der Waals surface area contributed by atoms with Crippen LogP contribution >= 0.6 is 0 Å². The molecule has 0 aromatic heterocycles. The van der Waals surface area contributed by atoms with Crippen LogP contribution in [0, 0.1) is 12.3 Å². The van der Waals surface area contributed by atoms with E-state index < -0.39 is 0 Å². The zero-order valence-corrected chi connectivity index (χ0v) is 14.3. The van der Waals surface area contributed by atoms with Crippen LogP contribution in [-0.4, -0.2) is 13.1 Å². The number of aryl methyl sites for hydroxylation is 1. The zero-order chi connectivity index (χ0) is 15.1. The van der Waals surface area contributed by atoms with Crippen molar-refractivity contribution in [2.24, 2.45) is 5.41 Å². The fourth-order valence-electron chi connectivity index (χ4n) is 3.88. The van der Waals surface area contributed by atoms with Crippen molar-refractivity contribution in [2.45, 2.75) is 71.6 Å². The molecule has 1 aliphatic rings. The summed E-state index contributed by atoms with van der Waals surface area (Å²) in [4.78, 5) is 0. The summed E-state index contributed by atoms with van der Waals surface area (Å²) in [5, 5.41) is 3.62. The number of unbranched alkanes of at least 4 members (excludes halogenated alkanes) is 4. The van der Waals surface area contributed by atoms with Gasteiger partial charge in [0.1, 0.15) is 0 Å². The largest absolute Gasteiger partial charge is 0.316 e. The maximum absolute atomic E-state index is 3.62. The molecule has 0 radical (unpaired) electrons. The Bertz CT molecular complexity index is 426. The third-order valence-corrected chi connectivity index (χ3v) is 5.36. The van der Waals surface area contributed by atoms with Crippen LogP contribution in [-0.2, 0) is 0 Å². The van der Waals surface area contributed by atoms with E-state index in [9.17, 15) is 0 Å². The number of rotatable bonds is 7. The average molecular weight is 287 g/mol. The van der Waals surface area contributed by atoms with Gasteiger partial charge in [0.25, 0.3) is 0 Å². The summed E-state index contributed by atoms with van der Waals surface area (Å²) >= 11 is 0. The molecule has 21 heavy (non-hydrogen) atoms. The van der Waals surface area contributed by atoms with Gasteiger partial charge in [-0.15, -0.1) is 0 Å². The Labute approximate surface area is 131 Å². The smallest absolute Gasteiger partial charge is 0.00254 e. The van der Waals surface area contributed by atoms with E-state index in [-0.39, 0.29) is 0 Å². The Kier molecular flexibility index (Phi) is 6.29. The summed E-state index contributed by atoms with van der Waals surface area (Å²) in [6, 6.07) is 9.16. The SMILES string of the molecule is CCCCCCCC1(C)CCNCC1c1cccc(C)c1. The van der Waals surface area contributed by atoms with Gasteiger partial charge < -0.3 is 5.32 Å². The lowest BCUT2D eigenvalue weighted by atomic mass is 9.66. The molecular formula is C20H33N. The first-order chi connectivity index (χ1) is 10.2. The van der Waals surface area contributed by atoms with Gasteiger partial charge in [0.15, 0.2) is 0 Å². The molecule has 1 saturated heterocycles. The Morgan fingerprint density at radius 1 is 1.19 bits per heavy atom. The monoisotopic (exact) mass is 287 g/mol. The molecule has 0 aliphatic carbocycles. The summed E-state index contributed by atoms with van der Waals surface area (Å²) in [6.45, 7) is 9.37. The molecule has 0 amide bonds. The van der Waals surface area contributed by atoms with Gasteiger partial charge >= 0.3 is 0 Å². The molecule has 2 unspecified atom stereocenters. The van der Waals surface area contributed by atoms with Crippen LogP contribution in [0.15, 0.2) is 24.3 Å². The molecule has 118 valence electrons. The molecule has 2 rings (SSSR count). The van der Waals surface area contributed by atoms with Crippen LogP contribution in [0.3, 0.4) is 0 Å². The Balaban J connectivity index is 2.00. The fourth-order valence-corrected chi connectivity index (χ4v) is 3.88. The first-order valence-electron chi connectivity index (χ1n) is 8.93. The van der Waals surface area contributed by atoms with E-state index in [0.717, 1.165) is 6.54 Å². The minimum Gasteiger partial charge on any atom is -0.316 e. The molecule has 0 spiro atoms. The van der Waals surface area contributed by atoms with Crippen LogP contribution in [0.4, 0.5) is 0 Å². The van der Waals surface area contributed by atoms with E-state index in [1.54, 1.807) is 5.56 Å². The first kappa shape index (κ1) is 16.5. The highest BCUT2D eigenvalue weighted by molar-refractivity contribution is 5.28. The fraction of sp³-hybridized carbons (Fsp3) is 0.700. The summed E-state index contributed by atoms with van der Waals surface area (Å²) in [5.41, 5.74) is 3.41. The summed E-state index contributed by atoms with van der Waals surface area (Å²) in [6.07, 6.45) is 9.68. The van der Waals surface area contributed by atoms with Crippen LogP contribution in [0.1, 0.15) is 75.8 Å². The second kappa shape index (κ2) is 7.98. The van der Waals surface area contributed by atoms with E-state index in [1.165, 1.54) is 57.1 Å². The molecule has 2 atom stereocenters. The predicted molar refractivity (Wildman–Crippen MR) is 92.9 cm³/mol. The zero-order valence-electron chi connectivity index (χ0n) is 14.3. The molecule has 1 heterocycles. The highest BCUT2D eigenvalue weighted by Crippen LogP contribution is 2.44. The highest BCUT2D eigenvalue weighted by atomic mass is 14.9. The number of hydrogen-bond donors (Lipinski definition) is 1. The van der Waals surface area contributed by atoms with Crippen LogP contribution in [0.5, 0.6) is 0 Å². The van der Waals surface area contributed by atoms with E-state index in [0.29, 0.717) is 11.3 Å². The van der Waals surface area contributed by atoms with E-state index in [2.05, 4.69) is 50.4 Å². The summed E-state index contributed by atoms with van der Waals surface area (Å²) in [5.74, 6) is 0.678. The van der Waals surface area contributed by atoms with Gasteiger partial charge in [-0.3, -0.25) is 0 Å². The maximum Gasteiger partial charge on any atom is 0.00254 e. The maximum atomic E-state index is 3.62. The first-order valence-corrected chi connectivity index (χ1v) is 8.93. The van der Waals surface area contributed by atoms with E-state index in [4.69, 9.17) is 0 Å². The van der Waals surface area contributed by atoms with Crippen molar-refractivity contribution in [3.8, 4) is 0 Å². The quantitative estimate of drug-likeness (QED) is 0.659. The number of nitrogens with one attached hydrogen (secondary N) is 1. The van der Waals surface area contributed by atoms with Crippen LogP contribution in [0.2, 0.25) is 0 Å². The van der Waals surface area contributed by atoms with Crippen molar-refractivity contribution >= 4 is 0 Å². The van der Waals surface area contributed by atoms with Gasteiger partial charge in [-0.2, -0.15) is 0 Å². The number of benzene rings is 1. The second-order valence-electron chi connectivity index (χ2n) is 7.24. The molecule has 0 bridgehead atoms. The lowest BCUT2D eigenvalue weighted by molar-refractivity contribution is 0.166. The Morgan fingerprint density at radius 3 is 2.76 bits per heavy atom. The van der Waals surface area contributed by atoms with Crippen molar-refractivity contribution < 1.29 is 0 Å². The molecule has 1 nitrogen and oxygen atoms in total. The predicted octanol–water partition coefficient (Wildman–Crippen LogP) is 5.44. The van der Waals surface area contributed by atoms with Crippen LogP contribution in [0.25, 0.3) is 0 Å². The van der Waals surface area contributed by atoms with Crippen molar-refractivity contribution in [3.05, 3.63) is 35.4 Å². The van der Waals surface area contributed by atoms with Crippen molar-refractivity contribution in [1.82, 2.24) is 5.32 Å². The van der Waals surface area contributed by atoms with Gasteiger partial charge in [0.2, 0.25) is 0 Å². The Morgan fingerprint density at radius 2 is 2.00 bits per heavy atom. The molecule has 1 fully saturated rings. The van der Waals surface area contributed by atoms with Gasteiger partial charge in [-0.1, -0.05) is 75.8 Å². The summed E-state index contributed by atoms with van der Waals surface area (Å²) in [7, 11) is 0. The van der Waals surface area contributed by atoms with Crippen LogP contribution < -0.4 is 5.32 Å². The molecular weight excluding hydrogens is 254 g/mol. The molecule has 1 N–H and O–H groups in total. The minimum absolute atomic E-state index is 0.477.